The minimum absolute atomic E-state index is 0.0531. The summed E-state index contributed by atoms with van der Waals surface area (Å²) in [5.74, 6) is -1.01. The van der Waals surface area contributed by atoms with E-state index in [0.717, 1.165) is 12.8 Å². The zero-order valence-electron chi connectivity index (χ0n) is 12.9. The van der Waals surface area contributed by atoms with E-state index >= 15 is 0 Å². The van der Waals surface area contributed by atoms with Crippen LogP contribution in [0.2, 0.25) is 0 Å². The molecule has 1 aromatic rings. The number of carboxylic acid groups (broad SMARTS) is 1. The van der Waals surface area contributed by atoms with Crippen LogP contribution in [0.4, 0.5) is 9.18 Å². The van der Waals surface area contributed by atoms with Crippen molar-refractivity contribution in [2.75, 3.05) is 19.6 Å². The fourth-order valence-corrected chi connectivity index (χ4v) is 3.91. The molecule has 0 spiro atoms. The van der Waals surface area contributed by atoms with Crippen LogP contribution in [0.1, 0.15) is 24.8 Å². The number of fused-ring (bicyclic) bond motifs is 1. The summed E-state index contributed by atoms with van der Waals surface area (Å²) in [6, 6.07) is 6.23. The highest BCUT2D eigenvalue weighted by Gasteiger charge is 2.55. The minimum atomic E-state index is -0.790. The second kappa shape index (κ2) is 6.18. The number of rotatable bonds is 4. The van der Waals surface area contributed by atoms with Crippen LogP contribution in [0.3, 0.4) is 0 Å². The maximum atomic E-state index is 13.5. The molecule has 0 aromatic heterocycles. The quantitative estimate of drug-likeness (QED) is 0.894. The molecule has 23 heavy (non-hydrogen) atoms. The van der Waals surface area contributed by atoms with Gasteiger partial charge in [-0.25, -0.2) is 9.18 Å². The van der Waals surface area contributed by atoms with Crippen molar-refractivity contribution in [2.45, 2.75) is 25.7 Å². The Morgan fingerprint density at radius 2 is 2.17 bits per heavy atom. The normalized spacial score (nSPS) is 26.1. The first-order valence-electron chi connectivity index (χ1n) is 8.02. The first-order valence-corrected chi connectivity index (χ1v) is 8.02. The monoisotopic (exact) mass is 320 g/mol. The van der Waals surface area contributed by atoms with Gasteiger partial charge in [-0.15, -0.1) is 0 Å². The van der Waals surface area contributed by atoms with Crippen LogP contribution in [0, 0.1) is 17.2 Å². The van der Waals surface area contributed by atoms with Crippen molar-refractivity contribution in [3.63, 3.8) is 0 Å². The lowest BCUT2D eigenvalue weighted by atomic mass is 9.81. The average Bonchev–Trinajstić information content (AvgIpc) is 3.07. The van der Waals surface area contributed by atoms with Crippen molar-refractivity contribution >= 4 is 12.0 Å². The topological polar surface area (TPSA) is 69.6 Å². The van der Waals surface area contributed by atoms with Crippen LogP contribution in [0.25, 0.3) is 0 Å². The molecule has 1 aromatic carbocycles. The molecule has 0 radical (unpaired) electrons. The minimum Gasteiger partial charge on any atom is -0.481 e. The maximum Gasteiger partial charge on any atom is 0.317 e. The third-order valence-electron chi connectivity index (χ3n) is 5.21. The van der Waals surface area contributed by atoms with E-state index in [1.165, 1.54) is 6.07 Å². The van der Waals surface area contributed by atoms with Gasteiger partial charge in [0.25, 0.3) is 0 Å². The number of carboxylic acids is 1. The molecular weight excluding hydrogens is 299 g/mol. The summed E-state index contributed by atoms with van der Waals surface area (Å²) in [5.41, 5.74) is -0.198. The lowest BCUT2D eigenvalue weighted by Gasteiger charge is -2.23. The van der Waals surface area contributed by atoms with E-state index in [0.29, 0.717) is 31.5 Å². The standard InChI is InChI=1S/C17H21FN2O3/c18-14-6-2-1-4-12(14)7-9-19-16(23)20-10-13-5-3-8-17(13,11-20)15(21)22/h1-2,4,6,13H,3,5,7-11H2,(H,19,23)(H,21,22)/t13-,17+/m0/s1. The average molecular weight is 320 g/mol. The van der Waals surface area contributed by atoms with E-state index in [9.17, 15) is 19.1 Å². The lowest BCUT2D eigenvalue weighted by molar-refractivity contribution is -0.149. The van der Waals surface area contributed by atoms with E-state index in [-0.39, 0.29) is 24.3 Å². The van der Waals surface area contributed by atoms with Crippen LogP contribution in [0.15, 0.2) is 24.3 Å². The highest BCUT2D eigenvalue weighted by molar-refractivity contribution is 5.80. The van der Waals surface area contributed by atoms with Crippen LogP contribution >= 0.6 is 0 Å². The number of hydrogen-bond donors (Lipinski definition) is 2. The third-order valence-corrected chi connectivity index (χ3v) is 5.21. The summed E-state index contributed by atoms with van der Waals surface area (Å²) in [7, 11) is 0. The van der Waals surface area contributed by atoms with Gasteiger partial charge < -0.3 is 15.3 Å². The van der Waals surface area contributed by atoms with Gasteiger partial charge in [0.05, 0.1) is 5.41 Å². The number of urea groups is 1. The fraction of sp³-hybridized carbons (Fsp3) is 0.529. The predicted molar refractivity (Wildman–Crippen MR) is 82.5 cm³/mol. The number of carbonyl (C=O) groups is 2. The highest BCUT2D eigenvalue weighted by atomic mass is 19.1. The highest BCUT2D eigenvalue weighted by Crippen LogP contribution is 2.48. The number of halogens is 1. The molecule has 124 valence electrons. The molecule has 1 heterocycles. The molecule has 1 saturated carbocycles. The first kappa shape index (κ1) is 15.8. The summed E-state index contributed by atoms with van der Waals surface area (Å²) in [6.07, 6.45) is 2.84. The lowest BCUT2D eigenvalue weighted by Crippen LogP contribution is -2.42. The van der Waals surface area contributed by atoms with Gasteiger partial charge in [0.15, 0.2) is 0 Å². The van der Waals surface area contributed by atoms with Crippen molar-refractivity contribution in [1.82, 2.24) is 10.2 Å². The Kier molecular flexibility index (Phi) is 4.24. The van der Waals surface area contributed by atoms with Gasteiger partial charge in [0.1, 0.15) is 5.82 Å². The van der Waals surface area contributed by atoms with Crippen molar-refractivity contribution in [2.24, 2.45) is 11.3 Å². The first-order chi connectivity index (χ1) is 11.0. The molecule has 2 atom stereocenters. The summed E-state index contributed by atoms with van der Waals surface area (Å²) in [6.45, 7) is 1.11. The summed E-state index contributed by atoms with van der Waals surface area (Å²) < 4.78 is 13.5. The number of benzene rings is 1. The second-order valence-corrected chi connectivity index (χ2v) is 6.50. The number of aliphatic carboxylic acids is 1. The third kappa shape index (κ3) is 2.90. The van der Waals surface area contributed by atoms with E-state index in [4.69, 9.17) is 0 Å². The van der Waals surface area contributed by atoms with E-state index in [2.05, 4.69) is 5.32 Å². The zero-order valence-corrected chi connectivity index (χ0v) is 12.9. The Morgan fingerprint density at radius 3 is 2.87 bits per heavy atom. The molecule has 1 aliphatic carbocycles. The molecule has 5 nitrogen and oxygen atoms in total. The Morgan fingerprint density at radius 1 is 1.39 bits per heavy atom. The van der Waals surface area contributed by atoms with E-state index in [1.807, 2.05) is 0 Å². The number of nitrogens with zero attached hydrogens (tertiary/aromatic N) is 1. The van der Waals surface area contributed by atoms with Crippen molar-refractivity contribution in [3.8, 4) is 0 Å². The number of carbonyl (C=O) groups excluding carboxylic acids is 1. The van der Waals surface area contributed by atoms with Crippen molar-refractivity contribution in [3.05, 3.63) is 35.6 Å². The maximum absolute atomic E-state index is 13.5. The molecule has 1 aliphatic heterocycles. The van der Waals surface area contributed by atoms with Gasteiger partial charge in [-0.05, 0) is 36.8 Å². The van der Waals surface area contributed by atoms with Gasteiger partial charge in [-0.3, -0.25) is 4.79 Å². The molecule has 2 amide bonds. The predicted octanol–water partition coefficient (Wildman–Crippen LogP) is 2.26. The molecule has 2 aliphatic rings. The Hall–Kier alpha value is -2.11. The van der Waals surface area contributed by atoms with Gasteiger partial charge in [0, 0.05) is 19.6 Å². The molecule has 2 fully saturated rings. The number of amides is 2. The SMILES string of the molecule is O=C(NCCc1ccccc1F)N1C[C@@H]2CCC[C@@]2(C(=O)O)C1. The molecule has 2 N–H and O–H groups in total. The Labute approximate surface area is 134 Å². The number of likely N-dealkylation sites (tertiary alicyclic amines) is 1. The largest absolute Gasteiger partial charge is 0.481 e. The smallest absolute Gasteiger partial charge is 0.317 e. The van der Waals surface area contributed by atoms with Crippen molar-refractivity contribution < 1.29 is 19.1 Å². The summed E-state index contributed by atoms with van der Waals surface area (Å²) in [4.78, 5) is 25.5. The molecule has 0 bridgehead atoms. The van der Waals surface area contributed by atoms with Gasteiger partial charge in [0.2, 0.25) is 0 Å². The Balaban J connectivity index is 1.54. The van der Waals surface area contributed by atoms with Gasteiger partial charge >= 0.3 is 12.0 Å². The van der Waals surface area contributed by atoms with Crippen molar-refractivity contribution in [1.29, 1.82) is 0 Å². The van der Waals surface area contributed by atoms with Crippen LogP contribution in [0.5, 0.6) is 0 Å². The molecule has 6 heteroatoms. The zero-order chi connectivity index (χ0) is 16.4. The van der Waals surface area contributed by atoms with Gasteiger partial charge in [-0.2, -0.15) is 0 Å². The van der Waals surface area contributed by atoms with E-state index < -0.39 is 11.4 Å². The van der Waals surface area contributed by atoms with Crippen LogP contribution in [-0.2, 0) is 11.2 Å². The molecule has 1 saturated heterocycles. The van der Waals surface area contributed by atoms with Gasteiger partial charge in [-0.1, -0.05) is 24.6 Å². The Bertz CT molecular complexity index is 622. The molecule has 0 unspecified atom stereocenters. The number of nitrogens with one attached hydrogen (secondary N) is 1. The van der Waals surface area contributed by atoms with Crippen LogP contribution < -0.4 is 5.32 Å². The van der Waals surface area contributed by atoms with E-state index in [1.54, 1.807) is 23.1 Å². The van der Waals surface area contributed by atoms with Crippen LogP contribution in [-0.4, -0.2) is 41.6 Å². The summed E-state index contributed by atoms with van der Waals surface area (Å²) >= 11 is 0. The molecule has 3 rings (SSSR count). The fourth-order valence-electron chi connectivity index (χ4n) is 3.91. The second-order valence-electron chi connectivity index (χ2n) is 6.50. The molecular formula is C17H21FN2O3. The number of hydrogen-bond acceptors (Lipinski definition) is 2. The summed E-state index contributed by atoms with van der Waals surface area (Å²) in [5, 5.41) is 12.3.